The van der Waals surface area contributed by atoms with Gasteiger partial charge in [-0.05, 0) is 43.2 Å². The van der Waals surface area contributed by atoms with Gasteiger partial charge in [0.25, 0.3) is 0 Å². The Morgan fingerprint density at radius 2 is 1.65 bits per heavy atom. The minimum absolute atomic E-state index is 0.0186. The summed E-state index contributed by atoms with van der Waals surface area (Å²) in [7, 11) is 0. The molecule has 2 nitrogen and oxygen atoms in total. The van der Waals surface area contributed by atoms with Crippen LogP contribution in [0.15, 0.2) is 18.2 Å². The van der Waals surface area contributed by atoms with Crippen LogP contribution in [0, 0.1) is 29.4 Å². The highest BCUT2D eigenvalue weighted by molar-refractivity contribution is 5.92. The lowest BCUT2D eigenvalue weighted by Gasteiger charge is -2.12. The zero-order valence-electron chi connectivity index (χ0n) is 9.25. The van der Waals surface area contributed by atoms with Crippen molar-refractivity contribution < 1.29 is 13.6 Å². The summed E-state index contributed by atoms with van der Waals surface area (Å²) in [5.41, 5.74) is 0.202. The van der Waals surface area contributed by atoms with Gasteiger partial charge in [0.1, 0.15) is 11.6 Å². The van der Waals surface area contributed by atoms with Crippen LogP contribution in [-0.2, 0) is 4.79 Å². The Kier molecular flexibility index (Phi) is 2.38. The van der Waals surface area contributed by atoms with Crippen LogP contribution in [0.5, 0.6) is 0 Å². The average molecular weight is 237 g/mol. The number of rotatable bonds is 2. The molecule has 0 spiro atoms. The fourth-order valence-electron chi connectivity index (χ4n) is 2.80. The summed E-state index contributed by atoms with van der Waals surface area (Å²) in [6, 6.07) is 3.06. The number of carbonyl (C=O) groups excluding carboxylic acids is 1. The van der Waals surface area contributed by atoms with Crippen molar-refractivity contribution in [3.05, 3.63) is 29.8 Å². The Morgan fingerprint density at radius 3 is 2.24 bits per heavy atom. The maximum atomic E-state index is 12.9. The summed E-state index contributed by atoms with van der Waals surface area (Å²) in [4.78, 5) is 11.8. The van der Waals surface area contributed by atoms with Crippen molar-refractivity contribution in [1.29, 1.82) is 0 Å². The molecule has 0 saturated heterocycles. The third kappa shape index (κ3) is 2.16. The number of halogens is 2. The third-order valence-corrected chi connectivity index (χ3v) is 3.74. The number of fused-ring (bicyclic) bond motifs is 1. The monoisotopic (exact) mass is 237 g/mol. The van der Waals surface area contributed by atoms with Crippen LogP contribution in [0.4, 0.5) is 14.5 Å². The molecule has 2 saturated carbocycles. The Hall–Kier alpha value is -1.45. The van der Waals surface area contributed by atoms with Gasteiger partial charge in [-0.2, -0.15) is 0 Å². The van der Waals surface area contributed by atoms with E-state index in [2.05, 4.69) is 5.32 Å². The molecule has 1 aromatic rings. The zero-order valence-corrected chi connectivity index (χ0v) is 9.25. The normalized spacial score (nSPS) is 29.9. The fourth-order valence-corrected chi connectivity index (χ4v) is 2.80. The SMILES string of the molecule is O=C(Nc1cc(F)cc(F)c1)C1CC2CC2C1. The van der Waals surface area contributed by atoms with E-state index in [9.17, 15) is 13.6 Å². The highest BCUT2D eigenvalue weighted by Crippen LogP contribution is 2.54. The molecule has 1 aromatic carbocycles. The summed E-state index contributed by atoms with van der Waals surface area (Å²) in [6.07, 6.45) is 3.10. The Bertz CT molecular complexity index is 444. The average Bonchev–Trinajstić information content (AvgIpc) is 2.84. The second kappa shape index (κ2) is 3.79. The van der Waals surface area contributed by atoms with Crippen LogP contribution >= 0.6 is 0 Å². The van der Waals surface area contributed by atoms with Crippen molar-refractivity contribution >= 4 is 11.6 Å². The largest absolute Gasteiger partial charge is 0.326 e. The highest BCUT2D eigenvalue weighted by Gasteiger charge is 2.47. The first kappa shape index (κ1) is 10.7. The molecule has 0 aromatic heterocycles. The Labute approximate surface area is 98.0 Å². The van der Waals surface area contributed by atoms with Gasteiger partial charge in [-0.3, -0.25) is 4.79 Å². The van der Waals surface area contributed by atoms with Crippen molar-refractivity contribution in [1.82, 2.24) is 0 Å². The predicted molar refractivity (Wildman–Crippen MR) is 59.3 cm³/mol. The first-order valence-corrected chi connectivity index (χ1v) is 5.89. The summed E-state index contributed by atoms with van der Waals surface area (Å²) >= 11 is 0. The maximum Gasteiger partial charge on any atom is 0.227 e. The molecular weight excluding hydrogens is 224 g/mol. The van der Waals surface area contributed by atoms with Gasteiger partial charge in [-0.1, -0.05) is 0 Å². The molecule has 4 heteroatoms. The van der Waals surface area contributed by atoms with Crippen molar-refractivity contribution in [2.45, 2.75) is 19.3 Å². The van der Waals surface area contributed by atoms with E-state index in [-0.39, 0.29) is 17.5 Å². The lowest BCUT2D eigenvalue weighted by Crippen LogP contribution is -2.21. The molecule has 90 valence electrons. The number of anilines is 1. The predicted octanol–water partition coefficient (Wildman–Crippen LogP) is 2.95. The molecule has 1 N–H and O–H groups in total. The van der Waals surface area contributed by atoms with Gasteiger partial charge in [0.2, 0.25) is 5.91 Å². The number of hydrogen-bond acceptors (Lipinski definition) is 1. The van der Waals surface area contributed by atoms with Gasteiger partial charge < -0.3 is 5.32 Å². The summed E-state index contributed by atoms with van der Waals surface area (Å²) in [5.74, 6) is 0.00130. The maximum absolute atomic E-state index is 12.9. The lowest BCUT2D eigenvalue weighted by atomic mass is 10.0. The Morgan fingerprint density at radius 1 is 1.06 bits per heavy atom. The molecule has 2 aliphatic carbocycles. The number of carbonyl (C=O) groups is 1. The van der Waals surface area contributed by atoms with Crippen molar-refractivity contribution in [2.75, 3.05) is 5.32 Å². The zero-order chi connectivity index (χ0) is 12.0. The van der Waals surface area contributed by atoms with E-state index >= 15 is 0 Å². The van der Waals surface area contributed by atoms with Gasteiger partial charge >= 0.3 is 0 Å². The molecule has 0 radical (unpaired) electrons. The second-order valence-corrected chi connectivity index (χ2v) is 5.07. The number of hydrogen-bond donors (Lipinski definition) is 1. The molecule has 1 amide bonds. The molecule has 2 aliphatic rings. The van der Waals surface area contributed by atoms with Crippen LogP contribution in [0.2, 0.25) is 0 Å². The van der Waals surface area contributed by atoms with E-state index in [1.165, 1.54) is 6.42 Å². The van der Waals surface area contributed by atoms with Crippen LogP contribution in [-0.4, -0.2) is 5.91 Å². The summed E-state index contributed by atoms with van der Waals surface area (Å²) < 4.78 is 25.9. The molecule has 0 bridgehead atoms. The minimum Gasteiger partial charge on any atom is -0.326 e. The van der Waals surface area contributed by atoms with Gasteiger partial charge in [0, 0.05) is 17.7 Å². The van der Waals surface area contributed by atoms with Crippen LogP contribution < -0.4 is 5.32 Å². The minimum atomic E-state index is -0.672. The van der Waals surface area contributed by atoms with E-state index in [0.717, 1.165) is 42.9 Å². The smallest absolute Gasteiger partial charge is 0.227 e. The topological polar surface area (TPSA) is 29.1 Å². The van der Waals surface area contributed by atoms with Gasteiger partial charge in [0.05, 0.1) is 0 Å². The van der Waals surface area contributed by atoms with E-state index in [1.807, 2.05) is 0 Å². The molecule has 2 atom stereocenters. The highest BCUT2D eigenvalue weighted by atomic mass is 19.1. The van der Waals surface area contributed by atoms with E-state index in [0.29, 0.717) is 0 Å². The molecular formula is C13H13F2NO. The molecule has 3 rings (SSSR count). The molecule has 17 heavy (non-hydrogen) atoms. The van der Waals surface area contributed by atoms with Crippen molar-refractivity contribution in [3.8, 4) is 0 Å². The van der Waals surface area contributed by atoms with Gasteiger partial charge in [0.15, 0.2) is 0 Å². The second-order valence-electron chi connectivity index (χ2n) is 5.07. The van der Waals surface area contributed by atoms with Crippen molar-refractivity contribution in [2.24, 2.45) is 17.8 Å². The van der Waals surface area contributed by atoms with Gasteiger partial charge in [-0.15, -0.1) is 0 Å². The number of benzene rings is 1. The third-order valence-electron chi connectivity index (χ3n) is 3.74. The molecule has 0 heterocycles. The van der Waals surface area contributed by atoms with Crippen LogP contribution in [0.3, 0.4) is 0 Å². The first-order chi connectivity index (χ1) is 8.11. The molecule has 2 unspecified atom stereocenters. The molecule has 2 fully saturated rings. The molecule has 0 aliphatic heterocycles. The lowest BCUT2D eigenvalue weighted by molar-refractivity contribution is -0.120. The quantitative estimate of drug-likeness (QED) is 0.841. The summed E-state index contributed by atoms with van der Waals surface area (Å²) in [6.45, 7) is 0. The van der Waals surface area contributed by atoms with Crippen LogP contribution in [0.25, 0.3) is 0 Å². The summed E-state index contributed by atoms with van der Waals surface area (Å²) in [5, 5.41) is 2.59. The van der Waals surface area contributed by atoms with E-state index in [1.54, 1.807) is 0 Å². The first-order valence-electron chi connectivity index (χ1n) is 5.89. The van der Waals surface area contributed by atoms with Crippen LogP contribution in [0.1, 0.15) is 19.3 Å². The van der Waals surface area contributed by atoms with E-state index in [4.69, 9.17) is 0 Å². The number of nitrogens with one attached hydrogen (secondary N) is 1. The van der Waals surface area contributed by atoms with E-state index < -0.39 is 11.6 Å². The Balaban J connectivity index is 1.67. The standard InChI is InChI=1S/C13H13F2NO/c14-10-4-11(15)6-12(5-10)16-13(17)9-2-7-1-8(7)3-9/h4-9H,1-3H2,(H,16,17). The van der Waals surface area contributed by atoms with Gasteiger partial charge in [-0.25, -0.2) is 8.78 Å². The fraction of sp³-hybridized carbons (Fsp3) is 0.462. The number of amides is 1. The van der Waals surface area contributed by atoms with Crippen molar-refractivity contribution in [3.63, 3.8) is 0 Å².